The molecule has 0 bridgehead atoms. The fraction of sp³-hybridized carbons (Fsp3) is 0.316. The van der Waals surface area contributed by atoms with E-state index in [9.17, 15) is 4.79 Å². The highest BCUT2D eigenvalue weighted by molar-refractivity contribution is 6.42. The van der Waals surface area contributed by atoms with Crippen molar-refractivity contribution in [1.82, 2.24) is 9.80 Å². The molecule has 0 radical (unpaired) electrons. The van der Waals surface area contributed by atoms with Crippen LogP contribution in [0.1, 0.15) is 17.3 Å². The van der Waals surface area contributed by atoms with Gasteiger partial charge in [-0.3, -0.25) is 9.69 Å². The number of methoxy groups -OCH3 is 1. The molecule has 1 saturated heterocycles. The molecule has 1 unspecified atom stereocenters. The van der Waals surface area contributed by atoms with Gasteiger partial charge in [0.05, 0.1) is 23.7 Å². The molecule has 2 aromatic carbocycles. The number of halogens is 2. The predicted molar refractivity (Wildman–Crippen MR) is 100 cm³/mol. The van der Waals surface area contributed by atoms with Gasteiger partial charge in [-0.25, -0.2) is 0 Å². The molecule has 0 saturated carbocycles. The molecule has 25 heavy (non-hydrogen) atoms. The van der Waals surface area contributed by atoms with E-state index in [1.165, 1.54) is 0 Å². The van der Waals surface area contributed by atoms with E-state index in [1.54, 1.807) is 13.2 Å². The van der Waals surface area contributed by atoms with Crippen LogP contribution in [-0.2, 0) is 11.2 Å². The molecule has 0 spiro atoms. The summed E-state index contributed by atoms with van der Waals surface area (Å²) in [4.78, 5) is 16.4. The Kier molecular flexibility index (Phi) is 5.52. The van der Waals surface area contributed by atoms with Crippen LogP contribution in [0.25, 0.3) is 0 Å². The van der Waals surface area contributed by atoms with Crippen molar-refractivity contribution in [2.45, 2.75) is 12.6 Å². The van der Waals surface area contributed by atoms with Gasteiger partial charge in [-0.1, -0.05) is 41.4 Å². The number of carbonyl (C=O) groups excluding carboxylic acids is 1. The van der Waals surface area contributed by atoms with Crippen molar-refractivity contribution in [2.75, 3.05) is 27.2 Å². The third kappa shape index (κ3) is 3.92. The molecule has 4 nitrogen and oxygen atoms in total. The number of nitrogens with zero attached hydrogens (tertiary/aromatic N) is 2. The summed E-state index contributed by atoms with van der Waals surface area (Å²) in [5.74, 6) is 0.946. The summed E-state index contributed by atoms with van der Waals surface area (Å²) in [6.07, 6.45) is 0.655. The van der Waals surface area contributed by atoms with Gasteiger partial charge in [0.15, 0.2) is 0 Å². The molecule has 1 fully saturated rings. The van der Waals surface area contributed by atoms with Crippen molar-refractivity contribution >= 4 is 29.1 Å². The Labute approximate surface area is 157 Å². The summed E-state index contributed by atoms with van der Waals surface area (Å²) >= 11 is 12.2. The fourth-order valence-electron chi connectivity index (χ4n) is 3.16. The molecular weight excluding hydrogens is 359 g/mol. The maximum Gasteiger partial charge on any atom is 0.238 e. The number of ether oxygens (including phenoxy) is 1. The lowest BCUT2D eigenvalue weighted by molar-refractivity contribution is -0.128. The monoisotopic (exact) mass is 378 g/mol. The summed E-state index contributed by atoms with van der Waals surface area (Å²) in [5.41, 5.74) is 2.13. The fourth-order valence-corrected chi connectivity index (χ4v) is 3.47. The molecule has 2 aromatic rings. The van der Waals surface area contributed by atoms with Gasteiger partial charge >= 0.3 is 0 Å². The van der Waals surface area contributed by atoms with Crippen LogP contribution in [0.15, 0.2) is 42.5 Å². The minimum Gasteiger partial charge on any atom is -0.497 e. The molecule has 132 valence electrons. The first kappa shape index (κ1) is 18.1. The molecule has 6 heteroatoms. The zero-order chi connectivity index (χ0) is 18.0. The number of benzene rings is 2. The van der Waals surface area contributed by atoms with Gasteiger partial charge in [-0.05, 0) is 48.9 Å². The summed E-state index contributed by atoms with van der Waals surface area (Å²) < 4.78 is 5.18. The van der Waals surface area contributed by atoms with Crippen molar-refractivity contribution in [2.24, 2.45) is 0 Å². The lowest BCUT2D eigenvalue weighted by Crippen LogP contribution is -2.32. The number of amides is 1. The van der Waals surface area contributed by atoms with Crippen molar-refractivity contribution in [3.05, 3.63) is 63.6 Å². The Morgan fingerprint density at radius 1 is 1.12 bits per heavy atom. The first-order valence-electron chi connectivity index (χ1n) is 8.07. The van der Waals surface area contributed by atoms with Gasteiger partial charge in [0.25, 0.3) is 0 Å². The highest BCUT2D eigenvalue weighted by Gasteiger charge is 2.36. The Morgan fingerprint density at radius 2 is 1.84 bits per heavy atom. The van der Waals surface area contributed by atoms with Gasteiger partial charge in [-0.15, -0.1) is 0 Å². The van der Waals surface area contributed by atoms with Gasteiger partial charge in [0.2, 0.25) is 5.91 Å². The zero-order valence-corrected chi connectivity index (χ0v) is 15.7. The maximum atomic E-state index is 12.4. The van der Waals surface area contributed by atoms with Crippen LogP contribution in [-0.4, -0.2) is 43.0 Å². The van der Waals surface area contributed by atoms with E-state index in [2.05, 4.69) is 0 Å². The first-order valence-corrected chi connectivity index (χ1v) is 8.83. The minimum absolute atomic E-state index is 0.118. The number of carbonyl (C=O) groups is 1. The largest absolute Gasteiger partial charge is 0.497 e. The summed E-state index contributed by atoms with van der Waals surface area (Å²) in [6.45, 7) is 1.04. The van der Waals surface area contributed by atoms with E-state index in [-0.39, 0.29) is 12.1 Å². The minimum atomic E-state index is -0.125. The second kappa shape index (κ2) is 7.65. The second-order valence-electron chi connectivity index (χ2n) is 6.15. The Hall–Kier alpha value is -1.75. The van der Waals surface area contributed by atoms with Crippen LogP contribution < -0.4 is 4.74 Å². The maximum absolute atomic E-state index is 12.4. The number of likely N-dealkylation sites (N-methyl/N-ethyl adjacent to an activating group) is 1. The van der Waals surface area contributed by atoms with Crippen molar-refractivity contribution < 1.29 is 9.53 Å². The molecule has 1 heterocycles. The standard InChI is InChI=1S/C19H20Cl2N2O2/c1-22-12-18(24)23(10-9-13-3-6-15(25-2)7-4-13)19(22)14-5-8-16(20)17(21)11-14/h3-8,11,19H,9-10,12H2,1-2H3. The van der Waals surface area contributed by atoms with Crippen LogP contribution in [0, 0.1) is 0 Å². The molecule has 1 amide bonds. The summed E-state index contributed by atoms with van der Waals surface area (Å²) in [5, 5.41) is 1.02. The predicted octanol–water partition coefficient (Wildman–Crippen LogP) is 4.02. The molecule has 0 aliphatic carbocycles. The molecule has 1 aliphatic rings. The van der Waals surface area contributed by atoms with Crippen LogP contribution in [0.2, 0.25) is 10.0 Å². The van der Waals surface area contributed by atoms with E-state index in [0.717, 1.165) is 23.3 Å². The average Bonchev–Trinajstić information content (AvgIpc) is 2.89. The van der Waals surface area contributed by atoms with E-state index in [0.29, 0.717) is 23.1 Å². The van der Waals surface area contributed by atoms with E-state index < -0.39 is 0 Å². The third-order valence-corrected chi connectivity index (χ3v) is 5.20. The van der Waals surface area contributed by atoms with Gasteiger partial charge in [0, 0.05) is 6.54 Å². The van der Waals surface area contributed by atoms with Crippen LogP contribution >= 0.6 is 23.2 Å². The SMILES string of the molecule is COc1ccc(CCN2C(=O)CN(C)C2c2ccc(Cl)c(Cl)c2)cc1. The lowest BCUT2D eigenvalue weighted by Gasteiger charge is -2.28. The second-order valence-corrected chi connectivity index (χ2v) is 6.96. The quantitative estimate of drug-likeness (QED) is 0.787. The highest BCUT2D eigenvalue weighted by Crippen LogP contribution is 2.33. The molecule has 1 aliphatic heterocycles. The van der Waals surface area contributed by atoms with E-state index >= 15 is 0 Å². The molecule has 0 N–H and O–H groups in total. The Morgan fingerprint density at radius 3 is 2.48 bits per heavy atom. The summed E-state index contributed by atoms with van der Waals surface area (Å²) in [6, 6.07) is 13.5. The third-order valence-electron chi connectivity index (χ3n) is 4.46. The first-order chi connectivity index (χ1) is 12.0. The van der Waals surface area contributed by atoms with Crippen molar-refractivity contribution in [3.63, 3.8) is 0 Å². The molecule has 1 atom stereocenters. The van der Waals surface area contributed by atoms with Gasteiger partial charge in [0.1, 0.15) is 11.9 Å². The number of hydrogen-bond acceptors (Lipinski definition) is 3. The van der Waals surface area contributed by atoms with Gasteiger partial charge < -0.3 is 9.64 Å². The van der Waals surface area contributed by atoms with Crippen LogP contribution in [0.3, 0.4) is 0 Å². The Balaban J connectivity index is 1.77. The normalized spacial score (nSPS) is 18.0. The van der Waals surface area contributed by atoms with Crippen LogP contribution in [0.4, 0.5) is 0 Å². The highest BCUT2D eigenvalue weighted by atomic mass is 35.5. The number of rotatable bonds is 5. The van der Waals surface area contributed by atoms with E-state index in [4.69, 9.17) is 27.9 Å². The van der Waals surface area contributed by atoms with Crippen molar-refractivity contribution in [1.29, 1.82) is 0 Å². The van der Waals surface area contributed by atoms with Crippen molar-refractivity contribution in [3.8, 4) is 5.75 Å². The van der Waals surface area contributed by atoms with Crippen LogP contribution in [0.5, 0.6) is 5.75 Å². The average molecular weight is 379 g/mol. The molecular formula is C19H20Cl2N2O2. The zero-order valence-electron chi connectivity index (χ0n) is 14.2. The Bertz CT molecular complexity index is 765. The molecule has 3 rings (SSSR count). The lowest BCUT2D eigenvalue weighted by atomic mass is 10.1. The smallest absolute Gasteiger partial charge is 0.238 e. The van der Waals surface area contributed by atoms with E-state index in [1.807, 2.05) is 53.2 Å². The summed E-state index contributed by atoms with van der Waals surface area (Å²) in [7, 11) is 3.59. The van der Waals surface area contributed by atoms with Gasteiger partial charge in [-0.2, -0.15) is 0 Å². The topological polar surface area (TPSA) is 32.8 Å². The molecule has 0 aromatic heterocycles. The number of hydrogen-bond donors (Lipinski definition) is 0.